The smallest absolute Gasteiger partial charge is 0.271 e. The number of hydrogen-bond donors (Lipinski definition) is 1. The van der Waals surface area contributed by atoms with Crippen LogP contribution in [0.3, 0.4) is 0 Å². The molecule has 20 heavy (non-hydrogen) atoms. The first kappa shape index (κ1) is 15.9. The van der Waals surface area contributed by atoms with Crippen LogP contribution in [0, 0.1) is 10.1 Å². The summed E-state index contributed by atoms with van der Waals surface area (Å²) in [5, 5.41) is 16.7. The second-order valence-electron chi connectivity index (χ2n) is 3.87. The van der Waals surface area contributed by atoms with E-state index in [0.29, 0.717) is 30.4 Å². The SMILES string of the molecule is [N-]=[N+]=NCCCCNC(=O)c1cc(Br)cc([N+](=O)[O-])c1. The average molecular weight is 342 g/mol. The number of nitro groups is 1. The largest absolute Gasteiger partial charge is 0.352 e. The summed E-state index contributed by atoms with van der Waals surface area (Å²) in [6.07, 6.45) is 1.34. The molecule has 0 spiro atoms. The lowest BCUT2D eigenvalue weighted by Gasteiger charge is -2.05. The summed E-state index contributed by atoms with van der Waals surface area (Å²) < 4.78 is 0.472. The predicted molar refractivity (Wildman–Crippen MR) is 76.4 cm³/mol. The van der Waals surface area contributed by atoms with Gasteiger partial charge in [0, 0.05) is 40.2 Å². The van der Waals surface area contributed by atoms with Crippen LogP contribution >= 0.6 is 15.9 Å². The van der Waals surface area contributed by atoms with Crippen LogP contribution in [0.2, 0.25) is 0 Å². The second-order valence-corrected chi connectivity index (χ2v) is 4.79. The van der Waals surface area contributed by atoms with Crippen molar-refractivity contribution in [2.45, 2.75) is 12.8 Å². The zero-order valence-electron chi connectivity index (χ0n) is 10.5. The molecule has 1 aromatic rings. The zero-order valence-corrected chi connectivity index (χ0v) is 12.0. The van der Waals surface area contributed by atoms with Gasteiger partial charge in [-0.15, -0.1) is 0 Å². The Balaban J connectivity index is 2.55. The van der Waals surface area contributed by atoms with Crippen molar-refractivity contribution in [3.05, 3.63) is 48.8 Å². The van der Waals surface area contributed by atoms with Crippen LogP contribution in [0.4, 0.5) is 5.69 Å². The number of nitro benzene ring substituents is 1. The molecule has 0 heterocycles. The van der Waals surface area contributed by atoms with Gasteiger partial charge in [-0.05, 0) is 24.4 Å². The number of rotatable bonds is 7. The molecule has 1 amide bonds. The first-order chi connectivity index (χ1) is 9.54. The number of carbonyl (C=O) groups is 1. The number of unbranched alkanes of at least 4 members (excludes halogenated alkanes) is 1. The summed E-state index contributed by atoms with van der Waals surface area (Å²) in [6, 6.07) is 4.07. The van der Waals surface area contributed by atoms with Crippen molar-refractivity contribution in [1.29, 1.82) is 0 Å². The van der Waals surface area contributed by atoms with E-state index in [0.717, 1.165) is 0 Å². The Morgan fingerprint density at radius 3 is 2.85 bits per heavy atom. The van der Waals surface area contributed by atoms with Gasteiger partial charge in [-0.25, -0.2) is 0 Å². The summed E-state index contributed by atoms with van der Waals surface area (Å²) in [5.74, 6) is -0.377. The van der Waals surface area contributed by atoms with E-state index < -0.39 is 4.92 Å². The van der Waals surface area contributed by atoms with Crippen molar-refractivity contribution in [3.8, 4) is 0 Å². The minimum Gasteiger partial charge on any atom is -0.352 e. The second kappa shape index (κ2) is 8.13. The van der Waals surface area contributed by atoms with E-state index in [2.05, 4.69) is 31.3 Å². The molecule has 0 aromatic heterocycles. The molecule has 1 N–H and O–H groups in total. The third-order valence-electron chi connectivity index (χ3n) is 2.39. The van der Waals surface area contributed by atoms with Crippen LogP contribution in [0.5, 0.6) is 0 Å². The number of hydrogen-bond acceptors (Lipinski definition) is 4. The first-order valence-corrected chi connectivity index (χ1v) is 6.58. The number of halogens is 1. The van der Waals surface area contributed by atoms with E-state index in [4.69, 9.17) is 5.53 Å². The zero-order chi connectivity index (χ0) is 15.0. The molecule has 0 aliphatic rings. The molecule has 0 unspecified atom stereocenters. The highest BCUT2D eigenvalue weighted by Crippen LogP contribution is 2.21. The summed E-state index contributed by atoms with van der Waals surface area (Å²) in [5.41, 5.74) is 8.16. The number of benzene rings is 1. The lowest BCUT2D eigenvalue weighted by molar-refractivity contribution is -0.385. The molecule has 8 nitrogen and oxygen atoms in total. The van der Waals surface area contributed by atoms with Gasteiger partial charge in [0.25, 0.3) is 11.6 Å². The van der Waals surface area contributed by atoms with Crippen LogP contribution in [0.15, 0.2) is 27.8 Å². The molecule has 0 aliphatic heterocycles. The molecular formula is C11H12BrN5O3. The van der Waals surface area contributed by atoms with Crippen LogP contribution in [-0.2, 0) is 0 Å². The van der Waals surface area contributed by atoms with Crippen LogP contribution in [0.25, 0.3) is 10.4 Å². The molecule has 0 saturated heterocycles. The molecule has 0 aliphatic carbocycles. The molecule has 1 aromatic carbocycles. The van der Waals surface area contributed by atoms with Crippen LogP contribution < -0.4 is 5.32 Å². The molecule has 9 heteroatoms. The Bertz CT molecular complexity index is 557. The fraction of sp³-hybridized carbons (Fsp3) is 0.364. The summed E-state index contributed by atoms with van der Waals surface area (Å²) in [4.78, 5) is 24.6. The molecule has 1 rings (SSSR count). The van der Waals surface area contributed by atoms with Crippen LogP contribution in [-0.4, -0.2) is 23.9 Å². The number of non-ortho nitro benzene ring substituents is 1. The van der Waals surface area contributed by atoms with Crippen molar-refractivity contribution in [2.24, 2.45) is 5.11 Å². The maximum absolute atomic E-state index is 11.8. The quantitative estimate of drug-likeness (QED) is 0.204. The minimum atomic E-state index is -0.554. The summed E-state index contributed by atoms with van der Waals surface area (Å²) in [6.45, 7) is 0.800. The monoisotopic (exact) mass is 341 g/mol. The minimum absolute atomic E-state index is 0.145. The number of azide groups is 1. The summed E-state index contributed by atoms with van der Waals surface area (Å²) >= 11 is 3.13. The Kier molecular flexibility index (Phi) is 6.48. The molecule has 0 bridgehead atoms. The maximum Gasteiger partial charge on any atom is 0.271 e. The number of nitrogens with zero attached hydrogens (tertiary/aromatic N) is 4. The lowest BCUT2D eigenvalue weighted by Crippen LogP contribution is -2.24. The standard InChI is InChI=1S/C11H12BrN5O3/c12-9-5-8(6-10(7-9)17(19)20)11(18)14-3-1-2-4-15-16-13/h5-7H,1-4H2,(H,14,18). The van der Waals surface area contributed by atoms with Gasteiger partial charge < -0.3 is 5.32 Å². The van der Waals surface area contributed by atoms with Gasteiger partial charge in [0.1, 0.15) is 0 Å². The van der Waals surface area contributed by atoms with Gasteiger partial charge in [0.15, 0.2) is 0 Å². The predicted octanol–water partition coefficient (Wildman–Crippen LogP) is 3.18. The third kappa shape index (κ3) is 5.25. The van der Waals surface area contributed by atoms with E-state index in [1.807, 2.05) is 0 Å². The molecular weight excluding hydrogens is 330 g/mol. The average Bonchev–Trinajstić information content (AvgIpc) is 2.41. The highest BCUT2D eigenvalue weighted by molar-refractivity contribution is 9.10. The van der Waals surface area contributed by atoms with E-state index in [-0.39, 0.29) is 17.2 Å². The topological polar surface area (TPSA) is 121 Å². The van der Waals surface area contributed by atoms with Gasteiger partial charge in [-0.1, -0.05) is 21.0 Å². The van der Waals surface area contributed by atoms with Gasteiger partial charge in [-0.2, -0.15) is 0 Å². The van der Waals surface area contributed by atoms with E-state index >= 15 is 0 Å². The van der Waals surface area contributed by atoms with E-state index in [9.17, 15) is 14.9 Å². The normalized spacial score (nSPS) is 9.65. The van der Waals surface area contributed by atoms with E-state index in [1.165, 1.54) is 18.2 Å². The molecule has 0 atom stereocenters. The van der Waals surface area contributed by atoms with Gasteiger partial charge in [-0.3, -0.25) is 14.9 Å². The number of carbonyl (C=O) groups excluding carboxylic acids is 1. The lowest BCUT2D eigenvalue weighted by atomic mass is 10.2. The van der Waals surface area contributed by atoms with Crippen molar-refractivity contribution in [2.75, 3.05) is 13.1 Å². The highest BCUT2D eigenvalue weighted by atomic mass is 79.9. The van der Waals surface area contributed by atoms with Gasteiger partial charge >= 0.3 is 0 Å². The first-order valence-electron chi connectivity index (χ1n) is 5.78. The molecule has 0 radical (unpaired) electrons. The van der Waals surface area contributed by atoms with Gasteiger partial charge in [0.2, 0.25) is 0 Å². The molecule has 0 fully saturated rings. The van der Waals surface area contributed by atoms with Gasteiger partial charge in [0.05, 0.1) is 4.92 Å². The van der Waals surface area contributed by atoms with E-state index in [1.54, 1.807) is 0 Å². The van der Waals surface area contributed by atoms with Crippen LogP contribution in [0.1, 0.15) is 23.2 Å². The van der Waals surface area contributed by atoms with Crippen molar-refractivity contribution in [1.82, 2.24) is 5.32 Å². The summed E-state index contributed by atoms with van der Waals surface area (Å²) in [7, 11) is 0. The maximum atomic E-state index is 11.8. The molecule has 106 valence electrons. The van der Waals surface area contributed by atoms with Crippen molar-refractivity contribution < 1.29 is 9.72 Å². The Morgan fingerprint density at radius 2 is 2.20 bits per heavy atom. The Morgan fingerprint density at radius 1 is 1.45 bits per heavy atom. The number of amides is 1. The Hall–Kier alpha value is -2.12. The van der Waals surface area contributed by atoms with Crippen molar-refractivity contribution >= 4 is 27.5 Å². The Labute approximate surface area is 123 Å². The van der Waals surface area contributed by atoms with Crippen molar-refractivity contribution in [3.63, 3.8) is 0 Å². The molecule has 0 saturated carbocycles. The third-order valence-corrected chi connectivity index (χ3v) is 2.85. The number of nitrogens with one attached hydrogen (secondary N) is 1. The fourth-order valence-corrected chi connectivity index (χ4v) is 1.95. The fourth-order valence-electron chi connectivity index (χ4n) is 1.47. The highest BCUT2D eigenvalue weighted by Gasteiger charge is 2.13.